The van der Waals surface area contributed by atoms with Crippen molar-refractivity contribution >= 4 is 90.1 Å². The number of aromatic nitrogens is 2. The molecule has 2 unspecified atom stereocenters. The third kappa shape index (κ3) is 12.9. The molecule has 81 heavy (non-hydrogen) atoms. The van der Waals surface area contributed by atoms with Crippen molar-refractivity contribution in [3.8, 4) is 11.5 Å². The number of H-pyrrole nitrogens is 1. The van der Waals surface area contributed by atoms with E-state index in [1.807, 2.05) is 0 Å². The predicted molar refractivity (Wildman–Crippen MR) is 301 cm³/mol. The molecule has 0 radical (unpaired) electrons. The van der Waals surface area contributed by atoms with Crippen molar-refractivity contribution in [2.45, 2.75) is 115 Å². The molecule has 0 fully saturated rings. The van der Waals surface area contributed by atoms with Crippen molar-refractivity contribution in [2.75, 3.05) is 27.3 Å². The summed E-state index contributed by atoms with van der Waals surface area (Å²) in [5.74, 6) is 0.595. The fourth-order valence-corrected chi connectivity index (χ4v) is 14.4. The molecule has 5 aromatic carbocycles. The highest BCUT2D eigenvalue weighted by Crippen LogP contribution is 2.50. The number of aliphatic hydroxyl groups is 2. The van der Waals surface area contributed by atoms with Gasteiger partial charge in [0.25, 0.3) is 20.0 Å². The number of fused-ring (bicyclic) bond motifs is 4. The zero-order valence-electron chi connectivity index (χ0n) is 44.4. The van der Waals surface area contributed by atoms with Crippen molar-refractivity contribution in [3.05, 3.63) is 146 Å². The first-order valence-electron chi connectivity index (χ1n) is 24.9. The van der Waals surface area contributed by atoms with E-state index in [-0.39, 0.29) is 61.7 Å². The molecule has 5 N–H and O–H groups in total. The van der Waals surface area contributed by atoms with Gasteiger partial charge >= 0.3 is 12.4 Å². The maximum Gasteiger partial charge on any atom is 0.417 e. The van der Waals surface area contributed by atoms with Gasteiger partial charge in [-0.15, -0.1) is 4.40 Å². The number of aromatic amines is 1. The zero-order chi connectivity index (χ0) is 59.7. The Kier molecular flexibility index (Phi) is 16.7. The van der Waals surface area contributed by atoms with Crippen LogP contribution in [0.1, 0.15) is 74.2 Å². The Labute approximate surface area is 481 Å². The molecule has 2 aliphatic heterocycles. The lowest BCUT2D eigenvalue weighted by atomic mass is 9.73. The molecular formula is C55H57Br2F6N5O10S3. The van der Waals surface area contributed by atoms with Crippen LogP contribution in [0.2, 0.25) is 0 Å². The lowest BCUT2D eigenvalue weighted by Crippen LogP contribution is -2.51. The first-order chi connectivity index (χ1) is 37.3. The number of sulfonamides is 2. The molecule has 0 aliphatic carbocycles. The second-order valence-electron chi connectivity index (χ2n) is 21.8. The number of hydrogen-bond donors (Lipinski definition) is 4. The maximum absolute atomic E-state index is 15.1. The Hall–Kier alpha value is -5.48. The molecule has 9 rings (SSSR count). The van der Waals surface area contributed by atoms with E-state index < -0.39 is 90.1 Å². The van der Waals surface area contributed by atoms with Crippen molar-refractivity contribution in [2.24, 2.45) is 9.54 Å². The number of primary sulfonamides is 1. The second-order valence-corrected chi connectivity index (χ2v) is 28.6. The Bertz CT molecular complexity index is 3950. The van der Waals surface area contributed by atoms with E-state index in [1.165, 1.54) is 93.3 Å². The van der Waals surface area contributed by atoms with Gasteiger partial charge in [0.05, 0.1) is 33.4 Å². The van der Waals surface area contributed by atoms with Crippen LogP contribution in [-0.4, -0.2) is 107 Å². The number of ether oxygens (including phenoxy) is 2. The zero-order valence-corrected chi connectivity index (χ0v) is 50.0. The Balaban J connectivity index is 0.000000224. The molecule has 2 atom stereocenters. The number of nitrogens with two attached hydrogens (primary N) is 1. The quantitative estimate of drug-likeness (QED) is 0.0405. The fraction of sp³-hybridized carbons (Fsp3) is 0.364. The van der Waals surface area contributed by atoms with Crippen LogP contribution >= 0.6 is 31.9 Å². The average molecular weight is 1320 g/mol. The van der Waals surface area contributed by atoms with Crippen LogP contribution in [0.25, 0.3) is 21.8 Å². The largest absolute Gasteiger partial charge is 0.493 e. The summed E-state index contributed by atoms with van der Waals surface area (Å²) < 4.78 is 183. The molecule has 0 amide bonds. The first kappa shape index (κ1) is 61.6. The van der Waals surface area contributed by atoms with Crippen molar-refractivity contribution in [1.29, 1.82) is 0 Å². The summed E-state index contributed by atoms with van der Waals surface area (Å²) in [6.07, 6.45) is -11.8. The summed E-state index contributed by atoms with van der Waals surface area (Å²) in [6.45, 7) is 6.42. The molecule has 7 aromatic rings. The smallest absolute Gasteiger partial charge is 0.417 e. The van der Waals surface area contributed by atoms with Crippen LogP contribution in [0.3, 0.4) is 0 Å². The number of rotatable bonds is 16. The molecule has 436 valence electrons. The molecule has 2 aliphatic rings. The summed E-state index contributed by atoms with van der Waals surface area (Å²) in [5.41, 5.74) is -7.22. The number of halogens is 8. The molecular weight excluding hydrogens is 1260 g/mol. The Morgan fingerprint density at radius 3 is 1.70 bits per heavy atom. The normalized spacial score (nSPS) is 15.9. The van der Waals surface area contributed by atoms with Crippen LogP contribution in [-0.2, 0) is 66.6 Å². The van der Waals surface area contributed by atoms with Crippen LogP contribution in [0.4, 0.5) is 26.3 Å². The van der Waals surface area contributed by atoms with Gasteiger partial charge in [-0.25, -0.2) is 25.9 Å². The van der Waals surface area contributed by atoms with E-state index in [0.29, 0.717) is 50.5 Å². The van der Waals surface area contributed by atoms with Crippen LogP contribution in [0, 0.1) is 0 Å². The van der Waals surface area contributed by atoms with E-state index in [2.05, 4.69) is 41.2 Å². The molecule has 4 heterocycles. The number of alkyl halides is 6. The van der Waals surface area contributed by atoms with Gasteiger partial charge in [-0.05, 0) is 120 Å². The Morgan fingerprint density at radius 1 is 0.667 bits per heavy atom. The highest BCUT2D eigenvalue weighted by Gasteiger charge is 2.58. The number of nitrogens with one attached hydrogen (secondary N) is 1. The SMILES string of the molecule is CC(C)(CC(O)(Cc1cc2cc(Br)ccc2[nH]1)C(F)(F)F)c1cc(S(N)(=O)=O)cc2c1OCC2.CN(C)C=NS(=O)(=O)c1cc2c(c(C(C)(C)CC(O)(Cc3cc4cc(Br)ccc4n3S(=O)(=O)c3ccccc3)C(F)(F)F)c1)OCC2. The summed E-state index contributed by atoms with van der Waals surface area (Å²) in [5, 5.41) is 29.0. The van der Waals surface area contributed by atoms with Gasteiger partial charge in [-0.2, -0.15) is 34.8 Å². The van der Waals surface area contributed by atoms with Gasteiger partial charge in [0, 0.05) is 87.5 Å². The molecule has 15 nitrogen and oxygen atoms in total. The predicted octanol–water partition coefficient (Wildman–Crippen LogP) is 10.8. The number of benzene rings is 5. The number of nitrogens with zero attached hydrogens (tertiary/aromatic N) is 3. The molecule has 26 heteroatoms. The van der Waals surface area contributed by atoms with Crippen molar-refractivity contribution in [1.82, 2.24) is 13.9 Å². The minimum atomic E-state index is -5.23. The average Bonchev–Trinajstić information content (AvgIpc) is 4.39. The molecule has 0 spiro atoms. The van der Waals surface area contributed by atoms with Crippen molar-refractivity contribution in [3.63, 3.8) is 0 Å². The molecule has 0 bridgehead atoms. The van der Waals surface area contributed by atoms with E-state index in [4.69, 9.17) is 14.6 Å². The van der Waals surface area contributed by atoms with Gasteiger partial charge in [0.2, 0.25) is 10.0 Å². The topological polar surface area (TPSA) is 224 Å². The third-order valence-corrected chi connectivity index (χ3v) is 19.1. The van der Waals surface area contributed by atoms with E-state index >= 15 is 13.2 Å². The highest BCUT2D eigenvalue weighted by molar-refractivity contribution is 9.10. The minimum absolute atomic E-state index is 0.137. The highest BCUT2D eigenvalue weighted by atomic mass is 79.9. The maximum atomic E-state index is 15.1. The summed E-state index contributed by atoms with van der Waals surface area (Å²) in [7, 11) is -9.55. The van der Waals surface area contributed by atoms with Crippen LogP contribution in [0.15, 0.2) is 131 Å². The van der Waals surface area contributed by atoms with Gasteiger partial charge in [-0.1, -0.05) is 77.8 Å². The third-order valence-electron chi connectivity index (χ3n) is 14.2. The van der Waals surface area contributed by atoms with E-state index in [9.17, 15) is 48.6 Å². The summed E-state index contributed by atoms with van der Waals surface area (Å²) in [6, 6.07) is 25.4. The van der Waals surface area contributed by atoms with Gasteiger partial charge in [-0.3, -0.25) is 0 Å². The van der Waals surface area contributed by atoms with Crippen LogP contribution in [0.5, 0.6) is 11.5 Å². The number of hydrogen-bond acceptors (Lipinski definition) is 10. The molecule has 0 saturated carbocycles. The standard InChI is InChI=1S/C32H33BrF3N3O6S2.C23H24BrF3N2O4S/c1-30(2,27-17-26(16-21-12-13-45-29(21)27)46(41,42)37-20-38(3)4)19-31(40,32(34,35)36)18-24-15-22-14-23(33)10-11-28(22)39(24)47(43,44)25-8-6-5-7-9-25;1-21(2,18-10-17(34(28,31)32)9-13-5-6-33-20(13)18)12-22(30,23(25,26)27)11-16-8-14-7-15(24)3-4-19(14)29-16/h5-11,14-17,20,40H,12-13,18-19H2,1-4H3;3-4,7-10,29-30H,5-6,11-12H2,1-2H3,(H2,28,31,32). The fourth-order valence-electron chi connectivity index (χ4n) is 10.5. The van der Waals surface area contributed by atoms with E-state index in [0.717, 1.165) is 14.8 Å². The van der Waals surface area contributed by atoms with Gasteiger partial charge < -0.3 is 29.6 Å². The van der Waals surface area contributed by atoms with Gasteiger partial charge in [0.1, 0.15) is 17.8 Å². The lowest BCUT2D eigenvalue weighted by Gasteiger charge is -2.38. The summed E-state index contributed by atoms with van der Waals surface area (Å²) >= 11 is 6.67. The summed E-state index contributed by atoms with van der Waals surface area (Å²) in [4.78, 5) is 3.81. The van der Waals surface area contributed by atoms with Crippen molar-refractivity contribution < 1.29 is 71.3 Å². The monoisotopic (exact) mass is 1320 g/mol. The minimum Gasteiger partial charge on any atom is -0.493 e. The van der Waals surface area contributed by atoms with E-state index in [1.54, 1.807) is 56.6 Å². The lowest BCUT2D eigenvalue weighted by molar-refractivity contribution is -0.266. The molecule has 2 aromatic heterocycles. The second kappa shape index (κ2) is 21.9. The molecule has 0 saturated heterocycles. The Morgan fingerprint density at radius 2 is 1.17 bits per heavy atom. The first-order valence-corrected chi connectivity index (χ1v) is 30.9. The van der Waals surface area contributed by atoms with Gasteiger partial charge in [0.15, 0.2) is 11.2 Å². The van der Waals surface area contributed by atoms with Crippen LogP contribution < -0.4 is 14.6 Å².